The predicted molar refractivity (Wildman–Crippen MR) is 99.1 cm³/mol. The van der Waals surface area contributed by atoms with Gasteiger partial charge in [-0.1, -0.05) is 29.3 Å². The van der Waals surface area contributed by atoms with E-state index in [1.807, 2.05) is 0 Å². The van der Waals surface area contributed by atoms with Crippen LogP contribution in [0.15, 0.2) is 48.5 Å². The molecule has 0 atom stereocenters. The number of rotatable bonds is 6. The van der Waals surface area contributed by atoms with Gasteiger partial charge in [0.15, 0.2) is 5.78 Å². The summed E-state index contributed by atoms with van der Waals surface area (Å²) in [5.41, 5.74) is 0.690. The van der Waals surface area contributed by atoms with Crippen LogP contribution in [0.4, 0.5) is 0 Å². The zero-order valence-corrected chi connectivity index (χ0v) is 15.5. The molecule has 4 rings (SSSR count). The molecule has 0 N–H and O–H groups in total. The van der Waals surface area contributed by atoms with Crippen molar-refractivity contribution in [1.82, 2.24) is 9.96 Å². The van der Waals surface area contributed by atoms with Gasteiger partial charge in [0.1, 0.15) is 0 Å². The van der Waals surface area contributed by atoms with Gasteiger partial charge in [0.25, 0.3) is 23.6 Å². The van der Waals surface area contributed by atoms with E-state index in [1.165, 1.54) is 24.3 Å². The molecule has 2 heterocycles. The van der Waals surface area contributed by atoms with Crippen molar-refractivity contribution in [3.63, 3.8) is 0 Å². The molecule has 9 nitrogen and oxygen atoms in total. The minimum atomic E-state index is -0.958. The maximum absolute atomic E-state index is 12.3. The van der Waals surface area contributed by atoms with Gasteiger partial charge in [-0.15, -0.1) is 0 Å². The van der Waals surface area contributed by atoms with Crippen molar-refractivity contribution in [2.24, 2.45) is 0 Å². The minimum absolute atomic E-state index is 0.122. The number of amides is 4. The molecular weight excluding hydrogens is 392 g/mol. The first-order valence-electron chi connectivity index (χ1n) is 9.04. The lowest BCUT2D eigenvalue weighted by Gasteiger charge is -2.14. The molecule has 0 aromatic heterocycles. The van der Waals surface area contributed by atoms with E-state index in [0.29, 0.717) is 5.06 Å². The van der Waals surface area contributed by atoms with Crippen LogP contribution in [0.25, 0.3) is 0 Å². The summed E-state index contributed by atoms with van der Waals surface area (Å²) >= 11 is 0. The van der Waals surface area contributed by atoms with Crippen LogP contribution in [0.3, 0.4) is 0 Å². The number of hydroxylamine groups is 2. The maximum atomic E-state index is 12.3. The van der Waals surface area contributed by atoms with Gasteiger partial charge in [0.2, 0.25) is 0 Å². The molecule has 2 aromatic rings. The molecule has 0 radical (unpaired) electrons. The summed E-state index contributed by atoms with van der Waals surface area (Å²) in [5, 5.41) is 0.363. The van der Waals surface area contributed by atoms with Crippen LogP contribution in [0.2, 0.25) is 0 Å². The molecule has 4 amide bonds. The van der Waals surface area contributed by atoms with Gasteiger partial charge in [-0.2, -0.15) is 0 Å². The fourth-order valence-electron chi connectivity index (χ4n) is 3.28. The first-order chi connectivity index (χ1) is 14.4. The summed E-state index contributed by atoms with van der Waals surface area (Å²) in [4.78, 5) is 78.7. The summed E-state index contributed by atoms with van der Waals surface area (Å²) < 4.78 is 0. The zero-order chi connectivity index (χ0) is 21.4. The van der Waals surface area contributed by atoms with Gasteiger partial charge >= 0.3 is 5.97 Å². The average Bonchev–Trinajstić information content (AvgIpc) is 3.13. The van der Waals surface area contributed by atoms with E-state index >= 15 is 0 Å². The Morgan fingerprint density at radius 2 is 1.10 bits per heavy atom. The monoisotopic (exact) mass is 406 g/mol. The summed E-state index contributed by atoms with van der Waals surface area (Å²) in [6.45, 7) is -0.480. The van der Waals surface area contributed by atoms with Crippen LogP contribution < -0.4 is 0 Å². The molecule has 0 spiro atoms. The molecule has 0 bridgehead atoms. The number of ketones is 1. The quantitative estimate of drug-likeness (QED) is 0.665. The van der Waals surface area contributed by atoms with Crippen molar-refractivity contribution < 1.29 is 33.6 Å². The third-order valence-corrected chi connectivity index (χ3v) is 4.77. The zero-order valence-electron chi connectivity index (χ0n) is 15.5. The standard InChI is InChI=1S/C21H14N2O7/c24-12(11-22-18(26)13-5-1-2-6-14(13)19(22)27)9-10-17(25)30-23-20(28)15-7-3-4-8-16(15)21(23)29/h1-8H,9-11H2. The first kappa shape index (κ1) is 19.2. The van der Waals surface area contributed by atoms with E-state index in [4.69, 9.17) is 4.84 Å². The van der Waals surface area contributed by atoms with Gasteiger partial charge in [-0.25, -0.2) is 4.79 Å². The predicted octanol–water partition coefficient (Wildman–Crippen LogP) is 1.39. The second-order valence-electron chi connectivity index (χ2n) is 6.69. The first-order valence-corrected chi connectivity index (χ1v) is 9.04. The van der Waals surface area contributed by atoms with E-state index in [2.05, 4.69) is 0 Å². The molecule has 2 aromatic carbocycles. The lowest BCUT2D eigenvalue weighted by molar-refractivity contribution is -0.169. The van der Waals surface area contributed by atoms with Crippen LogP contribution in [-0.4, -0.2) is 51.9 Å². The lowest BCUT2D eigenvalue weighted by Crippen LogP contribution is -2.35. The maximum Gasteiger partial charge on any atom is 0.333 e. The van der Waals surface area contributed by atoms with Crippen LogP contribution in [0.1, 0.15) is 54.3 Å². The molecular formula is C21H14N2O7. The topological polar surface area (TPSA) is 118 Å². The molecule has 2 aliphatic rings. The van der Waals surface area contributed by atoms with E-state index in [-0.39, 0.29) is 28.7 Å². The van der Waals surface area contributed by atoms with E-state index < -0.39 is 48.3 Å². The lowest BCUT2D eigenvalue weighted by atomic mass is 10.1. The second kappa shape index (κ2) is 7.36. The number of carbonyl (C=O) groups excluding carboxylic acids is 6. The Labute approximate surface area is 169 Å². The number of hydrogen-bond donors (Lipinski definition) is 0. The largest absolute Gasteiger partial charge is 0.333 e. The Morgan fingerprint density at radius 3 is 1.57 bits per heavy atom. The Balaban J connectivity index is 1.32. The second-order valence-corrected chi connectivity index (χ2v) is 6.69. The van der Waals surface area contributed by atoms with Gasteiger partial charge in [0.05, 0.1) is 35.2 Å². The highest BCUT2D eigenvalue weighted by Crippen LogP contribution is 2.24. The fraction of sp³-hybridized carbons (Fsp3) is 0.143. The highest BCUT2D eigenvalue weighted by Gasteiger charge is 2.39. The Hall–Kier alpha value is -4.14. The fourth-order valence-corrected chi connectivity index (χ4v) is 3.28. The molecule has 2 aliphatic heterocycles. The highest BCUT2D eigenvalue weighted by atomic mass is 16.7. The average molecular weight is 406 g/mol. The van der Waals surface area contributed by atoms with Crippen molar-refractivity contribution in [3.05, 3.63) is 70.8 Å². The molecule has 0 saturated heterocycles. The molecule has 0 saturated carbocycles. The van der Waals surface area contributed by atoms with E-state index in [0.717, 1.165) is 4.90 Å². The number of carbonyl (C=O) groups is 6. The van der Waals surface area contributed by atoms with Crippen molar-refractivity contribution >= 4 is 35.4 Å². The third-order valence-electron chi connectivity index (χ3n) is 4.77. The number of nitrogens with zero attached hydrogens (tertiary/aromatic N) is 2. The number of fused-ring (bicyclic) bond motifs is 2. The van der Waals surface area contributed by atoms with Gasteiger partial charge in [-0.3, -0.25) is 28.9 Å². The SMILES string of the molecule is O=C(CCC(=O)ON1C(=O)c2ccccc2C1=O)CN1C(=O)c2ccccc2C1=O. The molecule has 30 heavy (non-hydrogen) atoms. The molecule has 150 valence electrons. The van der Waals surface area contributed by atoms with Gasteiger partial charge in [-0.05, 0) is 24.3 Å². The summed E-state index contributed by atoms with van der Waals surface area (Å²) in [5.74, 6) is -4.17. The number of benzene rings is 2. The van der Waals surface area contributed by atoms with Gasteiger partial charge in [0, 0.05) is 6.42 Å². The van der Waals surface area contributed by atoms with Crippen molar-refractivity contribution in [3.8, 4) is 0 Å². The van der Waals surface area contributed by atoms with E-state index in [9.17, 15) is 28.8 Å². The third kappa shape index (κ3) is 3.16. The number of Topliss-reactive ketones (excluding diaryl/α,β-unsaturated/α-hetero) is 1. The van der Waals surface area contributed by atoms with Crippen molar-refractivity contribution in [1.29, 1.82) is 0 Å². The number of imide groups is 2. The highest BCUT2D eigenvalue weighted by molar-refractivity contribution is 6.22. The van der Waals surface area contributed by atoms with E-state index in [1.54, 1.807) is 24.3 Å². The summed E-state index contributed by atoms with van der Waals surface area (Å²) in [6.07, 6.45) is -0.745. The molecule has 0 aliphatic carbocycles. The molecule has 9 heteroatoms. The summed E-state index contributed by atoms with van der Waals surface area (Å²) in [6, 6.07) is 12.3. The number of hydrogen-bond acceptors (Lipinski definition) is 7. The summed E-state index contributed by atoms with van der Waals surface area (Å²) in [7, 11) is 0. The molecule has 0 unspecified atom stereocenters. The van der Waals surface area contributed by atoms with Crippen LogP contribution in [0, 0.1) is 0 Å². The Bertz CT molecular complexity index is 978. The van der Waals surface area contributed by atoms with Crippen LogP contribution >= 0.6 is 0 Å². The smallest absolute Gasteiger partial charge is 0.330 e. The normalized spacial score (nSPS) is 14.8. The molecule has 0 fully saturated rings. The van der Waals surface area contributed by atoms with Crippen molar-refractivity contribution in [2.75, 3.05) is 6.54 Å². The van der Waals surface area contributed by atoms with Crippen LogP contribution in [-0.2, 0) is 14.4 Å². The Morgan fingerprint density at radius 1 is 0.667 bits per heavy atom. The van der Waals surface area contributed by atoms with Crippen molar-refractivity contribution in [2.45, 2.75) is 12.8 Å². The Kier molecular flexibility index (Phi) is 4.71. The van der Waals surface area contributed by atoms with Gasteiger partial charge < -0.3 is 4.84 Å². The minimum Gasteiger partial charge on any atom is -0.330 e. The van der Waals surface area contributed by atoms with Crippen LogP contribution in [0.5, 0.6) is 0 Å².